The SMILES string of the molecule is CN=C(NCCCCSC)NCCNC(=O)Cc1cccc(F)c1.I. The molecule has 0 aliphatic rings. The second kappa shape index (κ2) is 15.2. The van der Waals surface area contributed by atoms with Crippen molar-refractivity contribution in [2.45, 2.75) is 19.3 Å². The molecular weight excluding hydrogens is 454 g/mol. The fourth-order valence-corrected chi connectivity index (χ4v) is 2.57. The number of amides is 1. The third-order valence-corrected chi connectivity index (χ3v) is 3.98. The lowest BCUT2D eigenvalue weighted by molar-refractivity contribution is -0.120. The summed E-state index contributed by atoms with van der Waals surface area (Å²) in [7, 11) is 1.72. The molecule has 0 aliphatic carbocycles. The fourth-order valence-electron chi connectivity index (χ4n) is 2.08. The minimum Gasteiger partial charge on any atom is -0.356 e. The van der Waals surface area contributed by atoms with Crippen LogP contribution in [0.3, 0.4) is 0 Å². The van der Waals surface area contributed by atoms with Crippen molar-refractivity contribution < 1.29 is 9.18 Å². The molecule has 1 rings (SSSR count). The van der Waals surface area contributed by atoms with Crippen molar-refractivity contribution in [1.29, 1.82) is 0 Å². The first kappa shape index (κ1) is 24.0. The molecular formula is C17H28FIN4OS. The van der Waals surface area contributed by atoms with Crippen LogP contribution < -0.4 is 16.0 Å². The van der Waals surface area contributed by atoms with E-state index in [0.29, 0.717) is 18.7 Å². The highest BCUT2D eigenvalue weighted by Crippen LogP contribution is 2.03. The number of nitrogens with zero attached hydrogens (tertiary/aromatic N) is 1. The number of unbranched alkanes of at least 4 members (excludes halogenated alkanes) is 1. The molecule has 1 aromatic carbocycles. The molecule has 0 aromatic heterocycles. The molecule has 0 unspecified atom stereocenters. The van der Waals surface area contributed by atoms with Crippen LogP contribution in [-0.4, -0.2) is 50.6 Å². The highest BCUT2D eigenvalue weighted by Gasteiger charge is 2.04. The Labute approximate surface area is 171 Å². The van der Waals surface area contributed by atoms with Crippen molar-refractivity contribution in [1.82, 2.24) is 16.0 Å². The van der Waals surface area contributed by atoms with Gasteiger partial charge in [0.25, 0.3) is 0 Å². The van der Waals surface area contributed by atoms with E-state index in [1.54, 1.807) is 19.2 Å². The predicted octanol–water partition coefficient (Wildman–Crippen LogP) is 2.41. The van der Waals surface area contributed by atoms with Crippen LogP contribution in [0.4, 0.5) is 4.39 Å². The van der Waals surface area contributed by atoms with Crippen molar-refractivity contribution >= 4 is 47.6 Å². The van der Waals surface area contributed by atoms with Crippen LogP contribution in [0.5, 0.6) is 0 Å². The molecule has 0 aliphatic heterocycles. The van der Waals surface area contributed by atoms with E-state index in [4.69, 9.17) is 0 Å². The van der Waals surface area contributed by atoms with Gasteiger partial charge in [0.05, 0.1) is 6.42 Å². The Bertz CT molecular complexity index is 531. The molecule has 3 N–H and O–H groups in total. The molecule has 0 saturated carbocycles. The van der Waals surface area contributed by atoms with Gasteiger partial charge in [-0.3, -0.25) is 9.79 Å². The predicted molar refractivity (Wildman–Crippen MR) is 116 cm³/mol. The first-order valence-corrected chi connectivity index (χ1v) is 9.49. The number of halogens is 2. The molecule has 0 atom stereocenters. The van der Waals surface area contributed by atoms with E-state index >= 15 is 0 Å². The standard InChI is InChI=1S/C17H27FN4OS.HI/c1-19-17(21-8-3-4-11-24-2)22-10-9-20-16(23)13-14-6-5-7-15(18)12-14;/h5-7,12H,3-4,8-11,13H2,1-2H3,(H,20,23)(H2,19,21,22);1H. The molecule has 8 heteroatoms. The van der Waals surface area contributed by atoms with Crippen LogP contribution in [0.15, 0.2) is 29.3 Å². The van der Waals surface area contributed by atoms with Crippen LogP contribution in [0.2, 0.25) is 0 Å². The third-order valence-electron chi connectivity index (χ3n) is 3.28. The van der Waals surface area contributed by atoms with E-state index in [1.807, 2.05) is 11.8 Å². The minimum atomic E-state index is -0.325. The maximum absolute atomic E-state index is 13.1. The van der Waals surface area contributed by atoms with Gasteiger partial charge in [0, 0.05) is 26.7 Å². The number of benzene rings is 1. The smallest absolute Gasteiger partial charge is 0.224 e. The zero-order valence-electron chi connectivity index (χ0n) is 14.8. The zero-order chi connectivity index (χ0) is 17.6. The summed E-state index contributed by atoms with van der Waals surface area (Å²) < 4.78 is 13.1. The van der Waals surface area contributed by atoms with Crippen LogP contribution in [0.25, 0.3) is 0 Å². The number of rotatable bonds is 10. The number of hydrogen-bond acceptors (Lipinski definition) is 3. The Morgan fingerprint density at radius 1 is 1.16 bits per heavy atom. The van der Waals surface area contributed by atoms with Crippen molar-refractivity contribution in [3.63, 3.8) is 0 Å². The quantitative estimate of drug-likeness (QED) is 0.208. The van der Waals surface area contributed by atoms with Gasteiger partial charge < -0.3 is 16.0 Å². The first-order chi connectivity index (χ1) is 11.7. The van der Waals surface area contributed by atoms with Gasteiger partial charge in [-0.05, 0) is 42.5 Å². The van der Waals surface area contributed by atoms with Gasteiger partial charge in [-0.25, -0.2) is 4.39 Å². The maximum Gasteiger partial charge on any atom is 0.224 e. The van der Waals surface area contributed by atoms with Gasteiger partial charge in [0.15, 0.2) is 5.96 Å². The van der Waals surface area contributed by atoms with E-state index in [2.05, 4.69) is 27.2 Å². The number of aliphatic imine (C=N–C) groups is 1. The maximum atomic E-state index is 13.1. The van der Waals surface area contributed by atoms with Crippen LogP contribution in [0.1, 0.15) is 18.4 Å². The Hall–Kier alpha value is -1.03. The van der Waals surface area contributed by atoms with Crippen molar-refractivity contribution in [3.8, 4) is 0 Å². The Kier molecular flexibility index (Phi) is 14.6. The second-order valence-corrected chi connectivity index (χ2v) is 6.27. The summed E-state index contributed by atoms with van der Waals surface area (Å²) in [5, 5.41) is 9.19. The second-order valence-electron chi connectivity index (χ2n) is 5.28. The molecule has 142 valence electrons. The van der Waals surface area contributed by atoms with Gasteiger partial charge in [-0.1, -0.05) is 12.1 Å². The average Bonchev–Trinajstić information content (AvgIpc) is 2.56. The fraction of sp³-hybridized carbons (Fsp3) is 0.529. The van der Waals surface area contributed by atoms with Gasteiger partial charge in [-0.15, -0.1) is 24.0 Å². The van der Waals surface area contributed by atoms with Gasteiger partial charge in [0.1, 0.15) is 5.82 Å². The van der Waals surface area contributed by atoms with E-state index in [1.165, 1.54) is 24.3 Å². The molecule has 0 spiro atoms. The van der Waals surface area contributed by atoms with Crippen molar-refractivity contribution in [2.24, 2.45) is 4.99 Å². The molecule has 0 radical (unpaired) electrons. The average molecular weight is 482 g/mol. The number of carbonyl (C=O) groups excluding carboxylic acids is 1. The van der Waals surface area contributed by atoms with Gasteiger partial charge in [0.2, 0.25) is 5.91 Å². The minimum absolute atomic E-state index is 0. The number of hydrogen-bond donors (Lipinski definition) is 3. The van der Waals surface area contributed by atoms with Crippen molar-refractivity contribution in [3.05, 3.63) is 35.6 Å². The van der Waals surface area contributed by atoms with Crippen molar-refractivity contribution in [2.75, 3.05) is 38.7 Å². The molecule has 1 amide bonds. The lowest BCUT2D eigenvalue weighted by atomic mass is 10.1. The van der Waals surface area contributed by atoms with E-state index in [0.717, 1.165) is 18.9 Å². The van der Waals surface area contributed by atoms with E-state index < -0.39 is 0 Å². The van der Waals surface area contributed by atoms with Crippen LogP contribution in [-0.2, 0) is 11.2 Å². The van der Waals surface area contributed by atoms with E-state index in [-0.39, 0.29) is 42.1 Å². The normalized spacial score (nSPS) is 10.8. The Balaban J connectivity index is 0.00000576. The summed E-state index contributed by atoms with van der Waals surface area (Å²) in [4.78, 5) is 15.9. The summed E-state index contributed by atoms with van der Waals surface area (Å²) in [6, 6.07) is 6.09. The number of carbonyl (C=O) groups is 1. The summed E-state index contributed by atoms with van der Waals surface area (Å²) in [6.45, 7) is 1.95. The molecule has 0 bridgehead atoms. The van der Waals surface area contributed by atoms with Crippen LogP contribution >= 0.6 is 35.7 Å². The van der Waals surface area contributed by atoms with E-state index in [9.17, 15) is 9.18 Å². The molecule has 0 heterocycles. The Morgan fingerprint density at radius 3 is 2.56 bits per heavy atom. The third kappa shape index (κ3) is 12.0. The number of guanidine groups is 1. The van der Waals surface area contributed by atoms with Crippen LogP contribution in [0, 0.1) is 5.82 Å². The van der Waals surface area contributed by atoms with Gasteiger partial charge in [-0.2, -0.15) is 11.8 Å². The highest BCUT2D eigenvalue weighted by atomic mass is 127. The zero-order valence-corrected chi connectivity index (χ0v) is 18.0. The largest absolute Gasteiger partial charge is 0.356 e. The topological polar surface area (TPSA) is 65.5 Å². The molecule has 0 saturated heterocycles. The number of thioether (sulfide) groups is 1. The monoisotopic (exact) mass is 482 g/mol. The summed E-state index contributed by atoms with van der Waals surface area (Å²) in [5.74, 6) is 1.46. The highest BCUT2D eigenvalue weighted by molar-refractivity contribution is 14.0. The lowest BCUT2D eigenvalue weighted by Crippen LogP contribution is -2.42. The lowest BCUT2D eigenvalue weighted by Gasteiger charge is -2.12. The molecule has 5 nitrogen and oxygen atoms in total. The summed E-state index contributed by atoms with van der Waals surface area (Å²) in [5.41, 5.74) is 0.670. The van der Waals surface area contributed by atoms with Gasteiger partial charge >= 0.3 is 0 Å². The summed E-state index contributed by atoms with van der Waals surface area (Å²) in [6.07, 6.45) is 4.57. The number of nitrogens with one attached hydrogen (secondary N) is 3. The molecule has 1 aromatic rings. The molecule has 0 fully saturated rings. The molecule has 25 heavy (non-hydrogen) atoms. The first-order valence-electron chi connectivity index (χ1n) is 8.10. The Morgan fingerprint density at radius 2 is 1.88 bits per heavy atom. The summed E-state index contributed by atoms with van der Waals surface area (Å²) >= 11 is 1.85.